The van der Waals surface area contributed by atoms with Crippen molar-refractivity contribution < 1.29 is 9.53 Å². The van der Waals surface area contributed by atoms with Crippen LogP contribution in [0, 0.1) is 6.92 Å². The predicted molar refractivity (Wildman–Crippen MR) is 95.2 cm³/mol. The quantitative estimate of drug-likeness (QED) is 0.810. The van der Waals surface area contributed by atoms with Gasteiger partial charge in [-0.1, -0.05) is 13.0 Å². The molecule has 134 valence electrons. The lowest BCUT2D eigenvalue weighted by Gasteiger charge is -2.32. The molecule has 1 aliphatic rings. The van der Waals surface area contributed by atoms with E-state index in [0.717, 1.165) is 43.7 Å². The van der Waals surface area contributed by atoms with Gasteiger partial charge in [0.15, 0.2) is 0 Å². The Morgan fingerprint density at radius 3 is 3.04 bits per heavy atom. The highest BCUT2D eigenvalue weighted by atomic mass is 16.5. The number of nitrogens with zero attached hydrogens (tertiary/aromatic N) is 4. The van der Waals surface area contributed by atoms with Crippen LogP contribution in [-0.2, 0) is 17.9 Å². The zero-order chi connectivity index (χ0) is 17.6. The van der Waals surface area contributed by atoms with Crippen LogP contribution in [0.4, 0.5) is 0 Å². The van der Waals surface area contributed by atoms with Gasteiger partial charge in [-0.15, -0.1) is 0 Å². The second-order valence-electron chi connectivity index (χ2n) is 6.51. The number of likely N-dealkylation sites (tertiary alicyclic amines) is 1. The number of hydrogen-bond donors (Lipinski definition) is 0. The molecule has 1 amide bonds. The first-order chi connectivity index (χ1) is 12.2. The number of carbonyl (C=O) groups excluding carboxylic acids is 1. The van der Waals surface area contributed by atoms with Crippen molar-refractivity contribution in [3.63, 3.8) is 0 Å². The van der Waals surface area contributed by atoms with Crippen molar-refractivity contribution in [3.05, 3.63) is 47.5 Å². The van der Waals surface area contributed by atoms with Crippen molar-refractivity contribution in [3.8, 4) is 0 Å². The van der Waals surface area contributed by atoms with Gasteiger partial charge in [-0.3, -0.25) is 14.5 Å². The Balaban J connectivity index is 1.60. The van der Waals surface area contributed by atoms with Crippen molar-refractivity contribution in [2.75, 3.05) is 13.1 Å². The van der Waals surface area contributed by atoms with Crippen molar-refractivity contribution in [2.45, 2.75) is 52.4 Å². The molecule has 0 N–H and O–H groups in total. The average Bonchev–Trinajstić information content (AvgIpc) is 3.01. The number of rotatable bonds is 6. The lowest BCUT2D eigenvalue weighted by atomic mass is 10.1. The minimum atomic E-state index is 0.0608. The van der Waals surface area contributed by atoms with Gasteiger partial charge in [-0.25, -0.2) is 0 Å². The van der Waals surface area contributed by atoms with Gasteiger partial charge in [0.2, 0.25) is 0 Å². The Bertz CT molecular complexity index is 699. The summed E-state index contributed by atoms with van der Waals surface area (Å²) in [6.45, 7) is 6.81. The standard InChI is InChI=1S/C19H26N4O2/c1-3-10-23-15(2)18(12-21-23)19(24)22-11-6-8-17(13-22)25-14-16-7-4-5-9-20-16/h4-5,7,9,12,17H,3,6,8,10-11,13-14H2,1-2H3/t17-/m0/s1. The number of piperidine rings is 1. The molecule has 0 saturated carbocycles. The molecule has 1 atom stereocenters. The minimum absolute atomic E-state index is 0.0608. The number of ether oxygens (including phenoxy) is 1. The lowest BCUT2D eigenvalue weighted by molar-refractivity contribution is -0.00787. The number of aryl methyl sites for hydroxylation is 1. The van der Waals surface area contributed by atoms with E-state index in [1.807, 2.05) is 34.7 Å². The van der Waals surface area contributed by atoms with E-state index in [4.69, 9.17) is 4.74 Å². The maximum Gasteiger partial charge on any atom is 0.257 e. The summed E-state index contributed by atoms with van der Waals surface area (Å²) in [5, 5.41) is 4.35. The first-order valence-electron chi connectivity index (χ1n) is 9.02. The van der Waals surface area contributed by atoms with Crippen molar-refractivity contribution >= 4 is 5.91 Å². The largest absolute Gasteiger partial charge is 0.370 e. The fraction of sp³-hybridized carbons (Fsp3) is 0.526. The van der Waals surface area contributed by atoms with E-state index < -0.39 is 0 Å². The first-order valence-corrected chi connectivity index (χ1v) is 9.02. The van der Waals surface area contributed by atoms with Crippen LogP contribution in [0.25, 0.3) is 0 Å². The number of hydrogen-bond acceptors (Lipinski definition) is 4. The molecule has 25 heavy (non-hydrogen) atoms. The van der Waals surface area contributed by atoms with E-state index in [9.17, 15) is 4.79 Å². The minimum Gasteiger partial charge on any atom is -0.370 e. The van der Waals surface area contributed by atoms with E-state index in [-0.39, 0.29) is 12.0 Å². The molecule has 0 aromatic carbocycles. The fourth-order valence-electron chi connectivity index (χ4n) is 3.21. The molecule has 6 nitrogen and oxygen atoms in total. The Morgan fingerprint density at radius 2 is 2.28 bits per heavy atom. The summed E-state index contributed by atoms with van der Waals surface area (Å²) in [4.78, 5) is 19.0. The summed E-state index contributed by atoms with van der Waals surface area (Å²) < 4.78 is 7.89. The maximum atomic E-state index is 12.9. The molecule has 1 aliphatic heterocycles. The topological polar surface area (TPSA) is 60.2 Å². The van der Waals surface area contributed by atoms with Gasteiger partial charge >= 0.3 is 0 Å². The monoisotopic (exact) mass is 342 g/mol. The molecule has 3 rings (SSSR count). The molecular weight excluding hydrogens is 316 g/mol. The third-order valence-corrected chi connectivity index (χ3v) is 4.63. The first kappa shape index (κ1) is 17.6. The van der Waals surface area contributed by atoms with Gasteiger partial charge in [-0.2, -0.15) is 5.10 Å². The van der Waals surface area contributed by atoms with E-state index in [1.54, 1.807) is 12.4 Å². The van der Waals surface area contributed by atoms with E-state index in [2.05, 4.69) is 17.0 Å². The highest BCUT2D eigenvalue weighted by Gasteiger charge is 2.27. The lowest BCUT2D eigenvalue weighted by Crippen LogP contribution is -2.43. The number of amides is 1. The van der Waals surface area contributed by atoms with E-state index in [0.29, 0.717) is 18.7 Å². The van der Waals surface area contributed by atoms with Crippen molar-refractivity contribution in [1.29, 1.82) is 0 Å². The summed E-state index contributed by atoms with van der Waals surface area (Å²) in [7, 11) is 0. The van der Waals surface area contributed by atoms with Crippen LogP contribution in [-0.4, -0.2) is 44.8 Å². The molecular formula is C19H26N4O2. The Kier molecular flexibility index (Phi) is 5.81. The number of carbonyl (C=O) groups is 1. The molecule has 0 bridgehead atoms. The molecule has 0 radical (unpaired) electrons. The molecule has 1 saturated heterocycles. The number of pyridine rings is 1. The van der Waals surface area contributed by atoms with Crippen LogP contribution >= 0.6 is 0 Å². The predicted octanol–water partition coefficient (Wildman–Crippen LogP) is 2.82. The fourth-order valence-corrected chi connectivity index (χ4v) is 3.21. The van der Waals surface area contributed by atoms with Crippen molar-refractivity contribution in [2.24, 2.45) is 0 Å². The highest BCUT2D eigenvalue weighted by molar-refractivity contribution is 5.95. The van der Waals surface area contributed by atoms with Crippen LogP contribution in [0.5, 0.6) is 0 Å². The molecule has 2 aromatic heterocycles. The second kappa shape index (κ2) is 8.25. The van der Waals surface area contributed by atoms with Gasteiger partial charge < -0.3 is 9.64 Å². The van der Waals surface area contributed by atoms with Crippen LogP contribution in [0.2, 0.25) is 0 Å². The smallest absolute Gasteiger partial charge is 0.257 e. The summed E-state index contributed by atoms with van der Waals surface area (Å²) in [5.41, 5.74) is 2.57. The van der Waals surface area contributed by atoms with Gasteiger partial charge in [0.1, 0.15) is 0 Å². The summed E-state index contributed by atoms with van der Waals surface area (Å²) in [6.07, 6.45) is 6.47. The zero-order valence-electron chi connectivity index (χ0n) is 15.0. The van der Waals surface area contributed by atoms with Crippen LogP contribution < -0.4 is 0 Å². The van der Waals surface area contributed by atoms with Crippen LogP contribution in [0.3, 0.4) is 0 Å². The SMILES string of the molecule is CCCn1ncc(C(=O)N2CCC[C@H](OCc3ccccn3)C2)c1C. The zero-order valence-corrected chi connectivity index (χ0v) is 15.0. The van der Waals surface area contributed by atoms with Gasteiger partial charge in [-0.05, 0) is 38.3 Å². The summed E-state index contributed by atoms with van der Waals surface area (Å²) in [6, 6.07) is 5.81. The van der Waals surface area contributed by atoms with Crippen LogP contribution in [0.15, 0.2) is 30.6 Å². The van der Waals surface area contributed by atoms with Gasteiger partial charge in [0, 0.05) is 31.5 Å². The van der Waals surface area contributed by atoms with Crippen molar-refractivity contribution in [1.82, 2.24) is 19.7 Å². The van der Waals surface area contributed by atoms with E-state index >= 15 is 0 Å². The van der Waals surface area contributed by atoms with Gasteiger partial charge in [0.05, 0.1) is 30.2 Å². The second-order valence-corrected chi connectivity index (χ2v) is 6.51. The third kappa shape index (κ3) is 4.25. The molecule has 1 fully saturated rings. The Labute approximate surface area is 148 Å². The molecule has 0 aliphatic carbocycles. The molecule has 2 aromatic rings. The molecule has 0 spiro atoms. The third-order valence-electron chi connectivity index (χ3n) is 4.63. The summed E-state index contributed by atoms with van der Waals surface area (Å²) in [5.74, 6) is 0.0611. The normalized spacial score (nSPS) is 17.7. The Morgan fingerprint density at radius 1 is 1.40 bits per heavy atom. The summed E-state index contributed by atoms with van der Waals surface area (Å²) >= 11 is 0. The van der Waals surface area contributed by atoms with Crippen LogP contribution in [0.1, 0.15) is 47.9 Å². The highest BCUT2D eigenvalue weighted by Crippen LogP contribution is 2.19. The maximum absolute atomic E-state index is 12.9. The molecule has 0 unspecified atom stereocenters. The number of aromatic nitrogens is 3. The van der Waals surface area contributed by atoms with Gasteiger partial charge in [0.25, 0.3) is 5.91 Å². The van der Waals surface area contributed by atoms with E-state index in [1.165, 1.54) is 0 Å². The Hall–Kier alpha value is -2.21. The molecule has 3 heterocycles. The average molecular weight is 342 g/mol. The molecule has 6 heteroatoms.